The van der Waals surface area contributed by atoms with E-state index in [9.17, 15) is 19.8 Å². The molecule has 2 unspecified atom stereocenters. The van der Waals surface area contributed by atoms with E-state index in [0.29, 0.717) is 25.9 Å². The molecule has 0 rings (SSSR count). The predicted octanol–water partition coefficient (Wildman–Crippen LogP) is 22.7. The number of rotatable bonds is 66. The number of allylic oxidation sites excluding steroid dienone is 6. The van der Waals surface area contributed by atoms with E-state index in [1.807, 2.05) is 0 Å². The van der Waals surface area contributed by atoms with Crippen LogP contribution in [0.4, 0.5) is 0 Å². The number of amides is 1. The maximum atomic E-state index is 12.5. The third-order valence-corrected chi connectivity index (χ3v) is 16.4. The summed E-state index contributed by atoms with van der Waals surface area (Å²) in [5.74, 6) is -0.0223. The van der Waals surface area contributed by atoms with Crippen LogP contribution in [0.25, 0.3) is 0 Å². The molecule has 0 aliphatic rings. The van der Waals surface area contributed by atoms with Crippen molar-refractivity contribution in [3.8, 4) is 0 Å². The predicted molar refractivity (Wildman–Crippen MR) is 343 cm³/mol. The van der Waals surface area contributed by atoms with Gasteiger partial charge in [0.15, 0.2) is 0 Å². The lowest BCUT2D eigenvalue weighted by Gasteiger charge is -2.22. The van der Waals surface area contributed by atoms with Gasteiger partial charge >= 0.3 is 5.97 Å². The molecule has 0 aromatic carbocycles. The minimum absolute atomic E-state index is 0.00876. The first-order chi connectivity index (χ1) is 38.5. The van der Waals surface area contributed by atoms with E-state index in [-0.39, 0.29) is 18.5 Å². The van der Waals surface area contributed by atoms with Gasteiger partial charge in [-0.05, 0) is 83.5 Å². The first-order valence-corrected chi connectivity index (χ1v) is 35.2. The highest BCUT2D eigenvalue weighted by Gasteiger charge is 2.20. The number of esters is 1. The number of carbonyl (C=O) groups excluding carboxylic acids is 2. The van der Waals surface area contributed by atoms with E-state index in [1.165, 1.54) is 302 Å². The normalized spacial score (nSPS) is 12.7. The van der Waals surface area contributed by atoms with Gasteiger partial charge in [0, 0.05) is 12.8 Å². The van der Waals surface area contributed by atoms with Crippen LogP contribution in [0.15, 0.2) is 36.5 Å². The standard InChI is InChI=1S/C72H137NO5/c1-3-5-7-9-11-13-15-44-48-52-56-60-64-70(75)69(68-74)73-71(76)65-61-57-53-49-45-42-40-38-36-34-32-30-28-26-24-22-20-18-17-19-21-23-25-27-29-31-33-35-37-39-41-43-47-51-55-59-63-67-78-72(77)66-62-58-54-50-46-16-14-12-10-8-6-4-2/h12,14,17,19,23,25,69-70,74-75H,3-11,13,15-16,18,20-22,24,26-68H2,1-2H3,(H,73,76)/b14-12-,19-17-,25-23-. The van der Waals surface area contributed by atoms with Crippen LogP contribution in [-0.4, -0.2) is 47.4 Å². The monoisotopic (exact) mass is 1100 g/mol. The summed E-state index contributed by atoms with van der Waals surface area (Å²) in [6, 6.07) is -0.538. The van der Waals surface area contributed by atoms with Gasteiger partial charge in [-0.25, -0.2) is 0 Å². The largest absolute Gasteiger partial charge is 0.466 e. The van der Waals surface area contributed by atoms with Crippen molar-refractivity contribution in [2.24, 2.45) is 0 Å². The molecule has 0 aliphatic carbocycles. The van der Waals surface area contributed by atoms with Gasteiger partial charge in [0.25, 0.3) is 0 Å². The topological polar surface area (TPSA) is 95.9 Å². The summed E-state index contributed by atoms with van der Waals surface area (Å²) in [5.41, 5.74) is 0. The summed E-state index contributed by atoms with van der Waals surface area (Å²) >= 11 is 0. The highest BCUT2D eigenvalue weighted by atomic mass is 16.5. The van der Waals surface area contributed by atoms with Gasteiger partial charge in [-0.3, -0.25) is 9.59 Å². The molecule has 78 heavy (non-hydrogen) atoms. The summed E-state index contributed by atoms with van der Waals surface area (Å²) in [6.45, 7) is 4.94. The van der Waals surface area contributed by atoms with Crippen molar-refractivity contribution in [3.05, 3.63) is 36.5 Å². The molecular weight excluding hydrogens is 959 g/mol. The number of nitrogens with one attached hydrogen (secondary N) is 1. The summed E-state index contributed by atoms with van der Waals surface area (Å²) in [6.07, 6.45) is 86.4. The quantitative estimate of drug-likeness (QED) is 0.0320. The molecule has 0 aliphatic heterocycles. The number of hydrogen-bond acceptors (Lipinski definition) is 5. The molecular formula is C72H137NO5. The van der Waals surface area contributed by atoms with Crippen LogP contribution in [0, 0.1) is 0 Å². The zero-order valence-electron chi connectivity index (χ0n) is 52.7. The molecule has 0 heterocycles. The Morgan fingerprint density at radius 2 is 0.641 bits per heavy atom. The Bertz CT molecular complexity index is 1260. The first-order valence-electron chi connectivity index (χ1n) is 35.2. The molecule has 1 amide bonds. The van der Waals surface area contributed by atoms with Gasteiger partial charge in [-0.15, -0.1) is 0 Å². The number of hydrogen-bond donors (Lipinski definition) is 3. The smallest absolute Gasteiger partial charge is 0.305 e. The van der Waals surface area contributed by atoms with Crippen molar-refractivity contribution in [1.29, 1.82) is 0 Å². The van der Waals surface area contributed by atoms with Gasteiger partial charge in [-0.2, -0.15) is 0 Å². The minimum Gasteiger partial charge on any atom is -0.466 e. The third-order valence-electron chi connectivity index (χ3n) is 16.4. The molecule has 0 bridgehead atoms. The average molecular weight is 1100 g/mol. The third kappa shape index (κ3) is 63.3. The van der Waals surface area contributed by atoms with Gasteiger partial charge < -0.3 is 20.3 Å². The number of ether oxygens (including phenoxy) is 1. The molecule has 0 radical (unpaired) electrons. The molecule has 0 aromatic heterocycles. The molecule has 2 atom stereocenters. The van der Waals surface area contributed by atoms with Gasteiger partial charge in [-0.1, -0.05) is 326 Å². The van der Waals surface area contributed by atoms with Crippen LogP contribution < -0.4 is 5.32 Å². The van der Waals surface area contributed by atoms with Crippen LogP contribution in [0.2, 0.25) is 0 Å². The summed E-state index contributed by atoms with van der Waals surface area (Å²) in [4.78, 5) is 24.5. The molecule has 0 aromatic rings. The van der Waals surface area contributed by atoms with E-state index in [0.717, 1.165) is 51.4 Å². The van der Waals surface area contributed by atoms with E-state index >= 15 is 0 Å². The lowest BCUT2D eigenvalue weighted by atomic mass is 10.0. The maximum Gasteiger partial charge on any atom is 0.305 e. The van der Waals surface area contributed by atoms with Crippen molar-refractivity contribution in [1.82, 2.24) is 5.32 Å². The fourth-order valence-corrected chi connectivity index (χ4v) is 11.0. The van der Waals surface area contributed by atoms with Crippen LogP contribution in [0.3, 0.4) is 0 Å². The second-order valence-corrected chi connectivity index (χ2v) is 24.2. The zero-order chi connectivity index (χ0) is 56.4. The lowest BCUT2D eigenvalue weighted by Crippen LogP contribution is -2.45. The SMILES string of the molecule is CCCCC/C=C\CCCCCCCC(=O)OCCCCCCCCCCCCCCC/C=C\C/C=C\CCCCCCCCCCCCCCCCCCCC(=O)NC(CO)C(O)CCCCCCCCCCCCCC. The molecule has 0 saturated carbocycles. The molecule has 0 spiro atoms. The Hall–Kier alpha value is -1.92. The molecule has 460 valence electrons. The Morgan fingerprint density at radius 1 is 0.359 bits per heavy atom. The van der Waals surface area contributed by atoms with Crippen LogP contribution in [-0.2, 0) is 14.3 Å². The van der Waals surface area contributed by atoms with E-state index < -0.39 is 12.1 Å². The minimum atomic E-state index is -0.661. The first kappa shape index (κ1) is 76.1. The highest BCUT2D eigenvalue weighted by molar-refractivity contribution is 5.76. The van der Waals surface area contributed by atoms with E-state index in [1.54, 1.807) is 0 Å². The van der Waals surface area contributed by atoms with E-state index in [2.05, 4.69) is 55.6 Å². The Labute approximate surface area is 487 Å². The fourth-order valence-electron chi connectivity index (χ4n) is 11.0. The summed E-state index contributed by atoms with van der Waals surface area (Å²) in [5, 5.41) is 23.3. The van der Waals surface area contributed by atoms with Crippen LogP contribution in [0.5, 0.6) is 0 Å². The number of aliphatic hydroxyl groups excluding tert-OH is 2. The number of aliphatic hydroxyl groups is 2. The van der Waals surface area contributed by atoms with Gasteiger partial charge in [0.2, 0.25) is 5.91 Å². The van der Waals surface area contributed by atoms with Crippen molar-refractivity contribution >= 4 is 11.9 Å². The number of unbranched alkanes of at least 4 members (excludes halogenated alkanes) is 49. The van der Waals surface area contributed by atoms with E-state index in [4.69, 9.17) is 4.74 Å². The number of carbonyl (C=O) groups is 2. The molecule has 0 fully saturated rings. The average Bonchev–Trinajstić information content (AvgIpc) is 3.44. The van der Waals surface area contributed by atoms with Gasteiger partial charge in [0.1, 0.15) is 0 Å². The second kappa shape index (κ2) is 67.6. The second-order valence-electron chi connectivity index (χ2n) is 24.2. The molecule has 6 heteroatoms. The van der Waals surface area contributed by atoms with Crippen molar-refractivity contribution < 1.29 is 24.5 Å². The van der Waals surface area contributed by atoms with Crippen LogP contribution in [0.1, 0.15) is 386 Å². The highest BCUT2D eigenvalue weighted by Crippen LogP contribution is 2.18. The van der Waals surface area contributed by atoms with Crippen LogP contribution >= 0.6 is 0 Å². The van der Waals surface area contributed by atoms with Crippen molar-refractivity contribution in [2.45, 2.75) is 398 Å². The molecule has 3 N–H and O–H groups in total. The maximum absolute atomic E-state index is 12.5. The van der Waals surface area contributed by atoms with Crippen molar-refractivity contribution in [3.63, 3.8) is 0 Å². The molecule has 0 saturated heterocycles. The Morgan fingerprint density at radius 3 is 1.01 bits per heavy atom. The molecule has 6 nitrogen and oxygen atoms in total. The summed E-state index contributed by atoms with van der Waals surface area (Å²) < 4.78 is 5.47. The van der Waals surface area contributed by atoms with Gasteiger partial charge in [0.05, 0.1) is 25.4 Å². The zero-order valence-corrected chi connectivity index (χ0v) is 52.7. The Balaban J connectivity index is 3.35. The summed E-state index contributed by atoms with van der Waals surface area (Å²) in [7, 11) is 0. The fraction of sp³-hybridized carbons (Fsp3) is 0.889. The lowest BCUT2D eigenvalue weighted by molar-refractivity contribution is -0.143. The van der Waals surface area contributed by atoms with Crippen molar-refractivity contribution in [2.75, 3.05) is 13.2 Å². The Kier molecular flexibility index (Phi) is 65.9.